The zero-order valence-corrected chi connectivity index (χ0v) is 15.8. The Labute approximate surface area is 163 Å². The molecule has 1 aromatic carbocycles. The molecule has 2 aromatic rings. The summed E-state index contributed by atoms with van der Waals surface area (Å²) in [7, 11) is 0. The molecular formula is C21H25N3O4. The molecule has 1 aliphatic heterocycles. The van der Waals surface area contributed by atoms with Crippen molar-refractivity contribution in [3.8, 4) is 5.75 Å². The van der Waals surface area contributed by atoms with Crippen LogP contribution in [0.4, 0.5) is 5.69 Å². The maximum atomic E-state index is 11.9. The van der Waals surface area contributed by atoms with Gasteiger partial charge < -0.3 is 19.5 Å². The van der Waals surface area contributed by atoms with Crippen LogP contribution in [0.5, 0.6) is 5.75 Å². The van der Waals surface area contributed by atoms with E-state index in [0.29, 0.717) is 25.3 Å². The van der Waals surface area contributed by atoms with Gasteiger partial charge in [-0.1, -0.05) is 12.1 Å². The maximum Gasteiger partial charge on any atom is 0.257 e. The molecule has 0 spiro atoms. The number of nitrogens with zero attached hydrogens (tertiary/aromatic N) is 2. The lowest BCUT2D eigenvalue weighted by molar-refractivity contribution is -0.123. The summed E-state index contributed by atoms with van der Waals surface area (Å²) < 4.78 is 7.21. The number of unbranched alkanes of at least 4 members (excludes halogenated alkanes) is 1. The van der Waals surface area contributed by atoms with Crippen molar-refractivity contribution in [1.29, 1.82) is 0 Å². The molecule has 1 aliphatic rings. The first-order valence-corrected chi connectivity index (χ1v) is 9.59. The molecule has 0 bridgehead atoms. The topological polar surface area (TPSA) is 80.6 Å². The summed E-state index contributed by atoms with van der Waals surface area (Å²) in [6.07, 6.45) is 4.78. The van der Waals surface area contributed by atoms with Gasteiger partial charge in [0.05, 0.1) is 0 Å². The molecule has 2 heterocycles. The lowest BCUT2D eigenvalue weighted by Gasteiger charge is -2.16. The fourth-order valence-electron chi connectivity index (χ4n) is 3.14. The highest BCUT2D eigenvalue weighted by atomic mass is 16.5. The minimum Gasteiger partial charge on any atom is -0.484 e. The smallest absolute Gasteiger partial charge is 0.257 e. The molecular weight excluding hydrogens is 358 g/mol. The Hall–Kier alpha value is -3.09. The normalized spacial score (nSPS) is 13.6. The standard InChI is InChI=1S/C21H25N3O4/c25-19(22-11-2-4-13-23-12-3-1-9-20(23)26)16-28-18-8-5-7-17(15-18)24-14-6-10-21(24)27/h1,3,5,7-9,12,15H,2,4,6,10-11,13-14,16H2,(H,22,25). The van der Waals surface area contributed by atoms with Gasteiger partial charge in [-0.25, -0.2) is 0 Å². The molecule has 0 unspecified atom stereocenters. The van der Waals surface area contributed by atoms with Crippen molar-refractivity contribution in [2.24, 2.45) is 0 Å². The average Bonchev–Trinajstić information content (AvgIpc) is 3.13. The predicted molar refractivity (Wildman–Crippen MR) is 106 cm³/mol. The van der Waals surface area contributed by atoms with Gasteiger partial charge in [0.15, 0.2) is 6.61 Å². The summed E-state index contributed by atoms with van der Waals surface area (Å²) in [5.41, 5.74) is 0.786. The van der Waals surface area contributed by atoms with Gasteiger partial charge in [0.25, 0.3) is 5.91 Å². The van der Waals surface area contributed by atoms with Gasteiger partial charge in [-0.15, -0.1) is 0 Å². The van der Waals surface area contributed by atoms with Crippen molar-refractivity contribution >= 4 is 17.5 Å². The van der Waals surface area contributed by atoms with Gasteiger partial charge in [0.1, 0.15) is 5.75 Å². The number of benzene rings is 1. The van der Waals surface area contributed by atoms with E-state index in [9.17, 15) is 14.4 Å². The first-order chi connectivity index (χ1) is 13.6. The molecule has 1 saturated heterocycles. The van der Waals surface area contributed by atoms with E-state index in [1.54, 1.807) is 33.9 Å². The third kappa shape index (κ3) is 5.45. The van der Waals surface area contributed by atoms with Crippen LogP contribution in [0.15, 0.2) is 53.5 Å². The summed E-state index contributed by atoms with van der Waals surface area (Å²) in [6.45, 7) is 1.81. The second-order valence-electron chi connectivity index (χ2n) is 6.72. The fourth-order valence-corrected chi connectivity index (χ4v) is 3.14. The second-order valence-corrected chi connectivity index (χ2v) is 6.72. The summed E-state index contributed by atoms with van der Waals surface area (Å²) in [4.78, 5) is 37.1. The summed E-state index contributed by atoms with van der Waals surface area (Å²) >= 11 is 0. The van der Waals surface area contributed by atoms with E-state index < -0.39 is 0 Å². The van der Waals surface area contributed by atoms with Crippen LogP contribution < -0.4 is 20.5 Å². The van der Waals surface area contributed by atoms with Crippen molar-refractivity contribution in [2.75, 3.05) is 24.6 Å². The Morgan fingerprint density at radius 1 is 1.11 bits per heavy atom. The van der Waals surface area contributed by atoms with Crippen molar-refractivity contribution < 1.29 is 14.3 Å². The molecule has 0 saturated carbocycles. The Morgan fingerprint density at radius 2 is 2.00 bits per heavy atom. The molecule has 2 amide bonds. The van der Waals surface area contributed by atoms with Gasteiger partial charge in [-0.05, 0) is 37.5 Å². The Balaban J connectivity index is 1.36. The monoisotopic (exact) mass is 383 g/mol. The predicted octanol–water partition coefficient (Wildman–Crippen LogP) is 1.95. The number of nitrogens with one attached hydrogen (secondary N) is 1. The SMILES string of the molecule is O=C(COc1cccc(N2CCCC2=O)c1)NCCCCn1ccccc1=O. The second kappa shape index (κ2) is 9.73. The van der Waals surface area contributed by atoms with Crippen LogP contribution in [0.2, 0.25) is 0 Å². The number of hydrogen-bond acceptors (Lipinski definition) is 4. The molecule has 7 heteroatoms. The van der Waals surface area contributed by atoms with E-state index >= 15 is 0 Å². The molecule has 0 aliphatic carbocycles. The minimum absolute atomic E-state index is 0.0159. The van der Waals surface area contributed by atoms with Gasteiger partial charge in [-0.3, -0.25) is 14.4 Å². The number of anilines is 1. The van der Waals surface area contributed by atoms with Crippen molar-refractivity contribution in [2.45, 2.75) is 32.2 Å². The third-order valence-electron chi connectivity index (χ3n) is 4.62. The zero-order valence-electron chi connectivity index (χ0n) is 15.8. The first kappa shape index (κ1) is 19.7. The van der Waals surface area contributed by atoms with Gasteiger partial charge in [-0.2, -0.15) is 0 Å². The van der Waals surface area contributed by atoms with Crippen LogP contribution in [-0.2, 0) is 16.1 Å². The van der Waals surface area contributed by atoms with Crippen LogP contribution in [0, 0.1) is 0 Å². The summed E-state index contributed by atoms with van der Waals surface area (Å²) in [5.74, 6) is 0.489. The van der Waals surface area contributed by atoms with Crippen LogP contribution in [0.25, 0.3) is 0 Å². The molecule has 148 valence electrons. The Bertz CT molecular complexity index is 878. The number of pyridine rings is 1. The highest BCUT2D eigenvalue weighted by molar-refractivity contribution is 5.95. The summed E-state index contributed by atoms with van der Waals surface area (Å²) in [5, 5.41) is 2.81. The maximum absolute atomic E-state index is 11.9. The van der Waals surface area contributed by atoms with E-state index in [0.717, 1.165) is 31.5 Å². The number of aryl methyl sites for hydroxylation is 1. The van der Waals surface area contributed by atoms with E-state index in [1.165, 1.54) is 6.07 Å². The molecule has 3 rings (SSSR count). The molecule has 7 nitrogen and oxygen atoms in total. The number of carbonyl (C=O) groups is 2. The first-order valence-electron chi connectivity index (χ1n) is 9.59. The number of hydrogen-bond donors (Lipinski definition) is 1. The molecule has 0 radical (unpaired) electrons. The zero-order chi connectivity index (χ0) is 19.8. The molecule has 0 atom stereocenters. The third-order valence-corrected chi connectivity index (χ3v) is 4.62. The quantitative estimate of drug-likeness (QED) is 0.671. The number of aromatic nitrogens is 1. The van der Waals surface area contributed by atoms with Crippen molar-refractivity contribution in [3.05, 3.63) is 59.0 Å². The number of carbonyl (C=O) groups excluding carboxylic acids is 2. The number of rotatable bonds is 9. The van der Waals surface area contributed by atoms with Crippen molar-refractivity contribution in [1.82, 2.24) is 9.88 Å². The van der Waals surface area contributed by atoms with Crippen LogP contribution in [-0.4, -0.2) is 36.1 Å². The van der Waals surface area contributed by atoms with Gasteiger partial charge in [0.2, 0.25) is 11.5 Å². The largest absolute Gasteiger partial charge is 0.484 e. The van der Waals surface area contributed by atoms with Crippen LogP contribution in [0.3, 0.4) is 0 Å². The van der Waals surface area contributed by atoms with Crippen LogP contribution >= 0.6 is 0 Å². The highest BCUT2D eigenvalue weighted by Crippen LogP contribution is 2.25. The lowest BCUT2D eigenvalue weighted by Crippen LogP contribution is -2.30. The Morgan fingerprint density at radius 3 is 2.79 bits per heavy atom. The summed E-state index contributed by atoms with van der Waals surface area (Å²) in [6, 6.07) is 12.3. The van der Waals surface area contributed by atoms with E-state index in [-0.39, 0.29) is 24.0 Å². The van der Waals surface area contributed by atoms with E-state index in [2.05, 4.69) is 5.32 Å². The lowest BCUT2D eigenvalue weighted by atomic mass is 10.3. The van der Waals surface area contributed by atoms with E-state index in [1.807, 2.05) is 18.2 Å². The van der Waals surface area contributed by atoms with Crippen LogP contribution in [0.1, 0.15) is 25.7 Å². The van der Waals surface area contributed by atoms with Gasteiger partial charge >= 0.3 is 0 Å². The number of amides is 2. The minimum atomic E-state index is -0.195. The molecule has 1 N–H and O–H groups in total. The molecule has 1 aromatic heterocycles. The fraction of sp³-hybridized carbons (Fsp3) is 0.381. The number of ether oxygens (including phenoxy) is 1. The van der Waals surface area contributed by atoms with Gasteiger partial charge in [0, 0.05) is 50.1 Å². The molecule has 28 heavy (non-hydrogen) atoms. The Kier molecular flexibility index (Phi) is 6.84. The van der Waals surface area contributed by atoms with E-state index in [4.69, 9.17) is 4.74 Å². The molecule has 1 fully saturated rings. The average molecular weight is 383 g/mol. The highest BCUT2D eigenvalue weighted by Gasteiger charge is 2.21. The van der Waals surface area contributed by atoms with Crippen molar-refractivity contribution in [3.63, 3.8) is 0 Å².